The van der Waals surface area contributed by atoms with Crippen molar-refractivity contribution in [2.75, 3.05) is 7.05 Å². The Bertz CT molecular complexity index is 945. The van der Waals surface area contributed by atoms with Crippen LogP contribution in [0.1, 0.15) is 51.8 Å². The molecule has 0 saturated heterocycles. The highest BCUT2D eigenvalue weighted by Crippen LogP contribution is 2.33. The molecule has 28 heavy (non-hydrogen) atoms. The van der Waals surface area contributed by atoms with Gasteiger partial charge in [0.15, 0.2) is 0 Å². The van der Waals surface area contributed by atoms with Gasteiger partial charge in [-0.1, -0.05) is 12.1 Å². The van der Waals surface area contributed by atoms with Gasteiger partial charge in [0.2, 0.25) is 0 Å². The van der Waals surface area contributed by atoms with E-state index in [1.54, 1.807) is 6.26 Å². The molecule has 0 saturated carbocycles. The average molecular weight is 378 g/mol. The highest BCUT2D eigenvalue weighted by Gasteiger charge is 2.26. The number of benzene rings is 1. The normalized spacial score (nSPS) is 16.2. The summed E-state index contributed by atoms with van der Waals surface area (Å²) in [6.07, 6.45) is 7.03. The molecule has 1 unspecified atom stereocenters. The molecule has 6 nitrogen and oxygen atoms in total. The number of furan rings is 1. The third-order valence-corrected chi connectivity index (χ3v) is 5.50. The van der Waals surface area contributed by atoms with E-state index in [-0.39, 0.29) is 5.91 Å². The molecule has 1 aromatic carbocycles. The van der Waals surface area contributed by atoms with Crippen molar-refractivity contribution in [3.05, 3.63) is 77.0 Å². The number of hydrogen-bond acceptors (Lipinski definition) is 4. The van der Waals surface area contributed by atoms with Gasteiger partial charge in [-0.3, -0.25) is 14.4 Å². The molecule has 2 aromatic heterocycles. The minimum atomic E-state index is -0.0897. The molecular formula is C22H26N4O2. The monoisotopic (exact) mass is 378 g/mol. The molecule has 0 bridgehead atoms. The lowest BCUT2D eigenvalue weighted by Crippen LogP contribution is -2.28. The molecular weight excluding hydrogens is 352 g/mol. The third kappa shape index (κ3) is 3.87. The van der Waals surface area contributed by atoms with Gasteiger partial charge in [-0.2, -0.15) is 5.10 Å². The zero-order valence-electron chi connectivity index (χ0n) is 16.4. The first-order valence-corrected chi connectivity index (χ1v) is 9.72. The van der Waals surface area contributed by atoms with Crippen LogP contribution in [0.4, 0.5) is 0 Å². The fourth-order valence-electron chi connectivity index (χ4n) is 4.03. The summed E-state index contributed by atoms with van der Waals surface area (Å²) >= 11 is 0. The van der Waals surface area contributed by atoms with Crippen LogP contribution in [0.25, 0.3) is 0 Å². The Hall–Kier alpha value is -2.86. The van der Waals surface area contributed by atoms with Gasteiger partial charge >= 0.3 is 0 Å². The number of rotatable bonds is 6. The summed E-state index contributed by atoms with van der Waals surface area (Å²) in [7, 11) is 4.17. The molecule has 0 radical (unpaired) electrons. The van der Waals surface area contributed by atoms with Crippen molar-refractivity contribution >= 4 is 5.91 Å². The molecule has 0 aliphatic heterocycles. The van der Waals surface area contributed by atoms with Gasteiger partial charge in [-0.15, -0.1) is 0 Å². The number of carbonyl (C=O) groups is 1. The minimum Gasteiger partial charge on any atom is -0.467 e. The van der Waals surface area contributed by atoms with Crippen molar-refractivity contribution in [2.45, 2.75) is 38.4 Å². The molecule has 3 aromatic rings. The van der Waals surface area contributed by atoms with Gasteiger partial charge < -0.3 is 9.73 Å². The quantitative estimate of drug-likeness (QED) is 0.714. The molecule has 146 valence electrons. The van der Waals surface area contributed by atoms with E-state index in [0.717, 1.165) is 30.7 Å². The predicted molar refractivity (Wildman–Crippen MR) is 107 cm³/mol. The summed E-state index contributed by atoms with van der Waals surface area (Å²) in [5.74, 6) is 0.655. The Kier molecular flexibility index (Phi) is 5.30. The maximum Gasteiger partial charge on any atom is 0.251 e. The number of hydrogen-bond donors (Lipinski definition) is 1. The second kappa shape index (κ2) is 8.02. The minimum absolute atomic E-state index is 0.0897. The lowest BCUT2D eigenvalue weighted by molar-refractivity contribution is 0.0948. The van der Waals surface area contributed by atoms with Gasteiger partial charge in [-0.05, 0) is 56.1 Å². The Morgan fingerprint density at radius 3 is 3.07 bits per heavy atom. The van der Waals surface area contributed by atoms with Crippen molar-refractivity contribution < 1.29 is 9.21 Å². The summed E-state index contributed by atoms with van der Waals surface area (Å²) in [5, 5.41) is 7.35. The van der Waals surface area contributed by atoms with E-state index in [2.05, 4.69) is 28.4 Å². The molecule has 1 aliphatic carbocycles. The van der Waals surface area contributed by atoms with Gasteiger partial charge in [0.25, 0.3) is 5.91 Å². The van der Waals surface area contributed by atoms with E-state index in [1.165, 1.54) is 17.7 Å². The second-order valence-corrected chi connectivity index (χ2v) is 7.46. The van der Waals surface area contributed by atoms with E-state index < -0.39 is 0 Å². The Morgan fingerprint density at radius 1 is 1.36 bits per heavy atom. The smallest absolute Gasteiger partial charge is 0.251 e. The van der Waals surface area contributed by atoms with Crippen LogP contribution in [0.3, 0.4) is 0 Å². The fourth-order valence-corrected chi connectivity index (χ4v) is 4.03. The van der Waals surface area contributed by atoms with Gasteiger partial charge in [0.05, 0.1) is 19.0 Å². The van der Waals surface area contributed by atoms with E-state index in [1.807, 2.05) is 48.3 Å². The highest BCUT2D eigenvalue weighted by molar-refractivity contribution is 5.94. The van der Waals surface area contributed by atoms with E-state index in [9.17, 15) is 4.79 Å². The second-order valence-electron chi connectivity index (χ2n) is 7.46. The van der Waals surface area contributed by atoms with Crippen LogP contribution in [0, 0.1) is 0 Å². The Morgan fingerprint density at radius 2 is 2.25 bits per heavy atom. The molecule has 1 atom stereocenters. The Labute approximate surface area is 165 Å². The maximum absolute atomic E-state index is 12.5. The van der Waals surface area contributed by atoms with E-state index in [0.29, 0.717) is 18.2 Å². The first kappa shape index (κ1) is 18.5. The van der Waals surface area contributed by atoms with E-state index in [4.69, 9.17) is 4.42 Å². The highest BCUT2D eigenvalue weighted by atomic mass is 16.3. The zero-order chi connectivity index (χ0) is 19.5. The number of amides is 1. The third-order valence-electron chi connectivity index (χ3n) is 5.50. The van der Waals surface area contributed by atoms with Crippen LogP contribution in [-0.4, -0.2) is 27.6 Å². The molecule has 6 heteroatoms. The predicted octanol–water partition coefficient (Wildman–Crippen LogP) is 3.45. The van der Waals surface area contributed by atoms with Crippen LogP contribution >= 0.6 is 0 Å². The van der Waals surface area contributed by atoms with Crippen LogP contribution in [0.5, 0.6) is 0 Å². The molecule has 2 heterocycles. The van der Waals surface area contributed by atoms with Crippen molar-refractivity contribution in [2.24, 2.45) is 7.05 Å². The summed E-state index contributed by atoms with van der Waals surface area (Å²) in [6.45, 7) is 1.18. The van der Waals surface area contributed by atoms with Crippen molar-refractivity contribution in [3.8, 4) is 0 Å². The molecule has 0 fully saturated rings. The zero-order valence-corrected chi connectivity index (χ0v) is 16.4. The summed E-state index contributed by atoms with van der Waals surface area (Å²) in [4.78, 5) is 14.8. The van der Waals surface area contributed by atoms with Crippen LogP contribution in [0.15, 0.2) is 53.3 Å². The SMILES string of the molecule is CN(Cc1cccc(C(=O)NCc2ccco2)c1)C1CCCc2c1cnn2C. The molecule has 4 rings (SSSR count). The molecule has 1 amide bonds. The summed E-state index contributed by atoms with van der Waals surface area (Å²) < 4.78 is 7.26. The van der Waals surface area contributed by atoms with Gasteiger partial charge in [0, 0.05) is 36.5 Å². The molecule has 0 spiro atoms. The number of fused-ring (bicyclic) bond motifs is 1. The van der Waals surface area contributed by atoms with Crippen LogP contribution < -0.4 is 5.32 Å². The largest absolute Gasteiger partial charge is 0.467 e. The average Bonchev–Trinajstić information content (AvgIpc) is 3.36. The van der Waals surface area contributed by atoms with E-state index >= 15 is 0 Å². The first-order chi connectivity index (χ1) is 13.6. The fraction of sp³-hybridized carbons (Fsp3) is 0.364. The van der Waals surface area contributed by atoms with Crippen LogP contribution in [0.2, 0.25) is 0 Å². The summed E-state index contributed by atoms with van der Waals surface area (Å²) in [5.41, 5.74) is 4.48. The Balaban J connectivity index is 1.42. The van der Waals surface area contributed by atoms with Gasteiger partial charge in [0.1, 0.15) is 5.76 Å². The number of carbonyl (C=O) groups excluding carboxylic acids is 1. The van der Waals surface area contributed by atoms with Gasteiger partial charge in [-0.25, -0.2) is 0 Å². The lowest BCUT2D eigenvalue weighted by atomic mass is 9.91. The van der Waals surface area contributed by atoms with Crippen molar-refractivity contribution in [1.82, 2.24) is 20.0 Å². The van der Waals surface area contributed by atoms with Crippen molar-refractivity contribution in [3.63, 3.8) is 0 Å². The topological polar surface area (TPSA) is 63.3 Å². The number of nitrogens with zero attached hydrogens (tertiary/aromatic N) is 3. The standard InChI is InChI=1S/C22H26N4O2/c1-25(20-9-4-10-21-19(20)14-24-26(21)2)15-16-6-3-7-17(12-16)22(27)23-13-18-8-5-11-28-18/h3,5-8,11-12,14,20H,4,9-10,13,15H2,1-2H3,(H,23,27). The summed E-state index contributed by atoms with van der Waals surface area (Å²) in [6, 6.07) is 11.9. The number of aryl methyl sites for hydroxylation is 1. The molecule has 1 N–H and O–H groups in total. The number of nitrogens with one attached hydrogen (secondary N) is 1. The molecule has 1 aliphatic rings. The lowest BCUT2D eigenvalue weighted by Gasteiger charge is -2.31. The number of aromatic nitrogens is 2. The maximum atomic E-state index is 12.5. The van der Waals surface area contributed by atoms with Crippen molar-refractivity contribution in [1.29, 1.82) is 0 Å². The van der Waals surface area contributed by atoms with Crippen LogP contribution in [-0.2, 0) is 26.6 Å². The first-order valence-electron chi connectivity index (χ1n) is 9.72.